The van der Waals surface area contributed by atoms with Crippen molar-refractivity contribution < 1.29 is 13.5 Å². The molecule has 0 saturated carbocycles. The minimum absolute atomic E-state index is 0.159. The number of halogens is 3. The van der Waals surface area contributed by atoms with Crippen molar-refractivity contribution in [2.45, 2.75) is 6.61 Å². The molecule has 0 aliphatic heterocycles. The van der Waals surface area contributed by atoms with Crippen LogP contribution in [0.4, 0.5) is 14.5 Å². The van der Waals surface area contributed by atoms with Crippen molar-refractivity contribution in [1.82, 2.24) is 0 Å². The maximum atomic E-state index is 13.1. The van der Waals surface area contributed by atoms with Crippen LogP contribution < -0.4 is 10.5 Å². The molecule has 0 amide bonds. The Hall–Kier alpha value is -1.62. The molecule has 0 fully saturated rings. The van der Waals surface area contributed by atoms with Crippen molar-refractivity contribution in [3.05, 3.63) is 58.1 Å². The predicted octanol–water partition coefficient (Wildman–Crippen LogP) is 3.89. The molecule has 0 bridgehead atoms. The molecule has 2 nitrogen and oxygen atoms in total. The minimum atomic E-state index is -0.423. The van der Waals surface area contributed by atoms with Gasteiger partial charge in [-0.25, -0.2) is 8.78 Å². The number of benzene rings is 2. The summed E-state index contributed by atoms with van der Waals surface area (Å²) in [6.45, 7) is 0.159. The zero-order valence-electron chi connectivity index (χ0n) is 9.29. The molecule has 2 aromatic rings. The van der Waals surface area contributed by atoms with Gasteiger partial charge in [0.2, 0.25) is 0 Å². The van der Waals surface area contributed by atoms with Crippen molar-refractivity contribution in [1.29, 1.82) is 0 Å². The molecule has 18 heavy (non-hydrogen) atoms. The van der Waals surface area contributed by atoms with E-state index in [-0.39, 0.29) is 18.1 Å². The number of ether oxygens (including phenoxy) is 1. The minimum Gasteiger partial charge on any atom is -0.487 e. The van der Waals surface area contributed by atoms with E-state index >= 15 is 0 Å². The summed E-state index contributed by atoms with van der Waals surface area (Å²) in [5.74, 6) is -0.403. The van der Waals surface area contributed by atoms with Gasteiger partial charge >= 0.3 is 0 Å². The highest BCUT2D eigenvalue weighted by Gasteiger charge is 2.04. The van der Waals surface area contributed by atoms with Gasteiger partial charge in [-0.15, -0.1) is 0 Å². The molecule has 0 aliphatic rings. The van der Waals surface area contributed by atoms with Crippen LogP contribution in [-0.4, -0.2) is 0 Å². The van der Waals surface area contributed by atoms with Gasteiger partial charge in [0.1, 0.15) is 24.0 Å². The Morgan fingerprint density at radius 3 is 2.50 bits per heavy atom. The van der Waals surface area contributed by atoms with Crippen molar-refractivity contribution in [3.63, 3.8) is 0 Å². The molecule has 0 heterocycles. The lowest BCUT2D eigenvalue weighted by Crippen LogP contribution is -1.99. The van der Waals surface area contributed by atoms with Crippen LogP contribution in [0.15, 0.2) is 40.9 Å². The molecule has 0 atom stereocenters. The van der Waals surface area contributed by atoms with Gasteiger partial charge in [0.05, 0.1) is 5.69 Å². The lowest BCUT2D eigenvalue weighted by Gasteiger charge is -2.09. The molecular formula is C13H10BrF2NO. The van der Waals surface area contributed by atoms with Crippen LogP contribution in [0.1, 0.15) is 5.56 Å². The van der Waals surface area contributed by atoms with Crippen LogP contribution in [0.25, 0.3) is 0 Å². The second-order valence-electron chi connectivity index (χ2n) is 3.75. The number of rotatable bonds is 3. The third-order valence-electron chi connectivity index (χ3n) is 2.29. The summed E-state index contributed by atoms with van der Waals surface area (Å²) in [7, 11) is 0. The summed E-state index contributed by atoms with van der Waals surface area (Å²) in [5, 5.41) is 0. The zero-order valence-corrected chi connectivity index (χ0v) is 10.9. The highest BCUT2D eigenvalue weighted by atomic mass is 79.9. The van der Waals surface area contributed by atoms with Crippen LogP contribution in [0, 0.1) is 11.6 Å². The summed E-state index contributed by atoms with van der Waals surface area (Å²) >= 11 is 3.19. The van der Waals surface area contributed by atoms with Crippen LogP contribution >= 0.6 is 15.9 Å². The summed E-state index contributed by atoms with van der Waals surface area (Å²) in [6.07, 6.45) is 0. The van der Waals surface area contributed by atoms with Crippen molar-refractivity contribution in [3.8, 4) is 5.75 Å². The monoisotopic (exact) mass is 313 g/mol. The lowest BCUT2D eigenvalue weighted by molar-refractivity contribution is 0.307. The topological polar surface area (TPSA) is 35.2 Å². The zero-order chi connectivity index (χ0) is 13.1. The van der Waals surface area contributed by atoms with Gasteiger partial charge in [-0.1, -0.05) is 15.9 Å². The number of nitrogen functional groups attached to an aromatic ring is 1. The van der Waals surface area contributed by atoms with E-state index in [1.54, 1.807) is 6.07 Å². The third-order valence-corrected chi connectivity index (χ3v) is 2.75. The SMILES string of the molecule is Nc1cc(F)ccc1OCc1cc(F)cc(Br)c1. The molecule has 2 rings (SSSR count). The summed E-state index contributed by atoms with van der Waals surface area (Å²) in [6, 6.07) is 8.34. The maximum absolute atomic E-state index is 13.1. The molecule has 0 aromatic heterocycles. The van der Waals surface area contributed by atoms with Crippen LogP contribution in [-0.2, 0) is 6.61 Å². The Kier molecular flexibility index (Phi) is 3.81. The molecule has 2 aromatic carbocycles. The van der Waals surface area contributed by atoms with Gasteiger partial charge in [-0.3, -0.25) is 0 Å². The Balaban J connectivity index is 2.11. The first-order chi connectivity index (χ1) is 8.54. The van der Waals surface area contributed by atoms with E-state index in [1.165, 1.54) is 30.3 Å². The smallest absolute Gasteiger partial charge is 0.142 e. The Labute approximate surface area is 112 Å². The summed E-state index contributed by atoms with van der Waals surface area (Å²) < 4.78 is 32.0. The maximum Gasteiger partial charge on any atom is 0.142 e. The van der Waals surface area contributed by atoms with E-state index in [0.717, 1.165) is 0 Å². The van der Waals surface area contributed by atoms with Crippen LogP contribution in [0.5, 0.6) is 5.75 Å². The van der Waals surface area contributed by atoms with Crippen LogP contribution in [0.2, 0.25) is 0 Å². The molecule has 0 spiro atoms. The Morgan fingerprint density at radius 1 is 1.06 bits per heavy atom. The molecule has 5 heteroatoms. The quantitative estimate of drug-likeness (QED) is 0.873. The predicted molar refractivity (Wildman–Crippen MR) is 69.2 cm³/mol. The van der Waals surface area contributed by atoms with E-state index in [2.05, 4.69) is 15.9 Å². The lowest BCUT2D eigenvalue weighted by atomic mass is 10.2. The normalized spacial score (nSPS) is 10.4. The average molecular weight is 314 g/mol. The highest BCUT2D eigenvalue weighted by molar-refractivity contribution is 9.10. The fraction of sp³-hybridized carbons (Fsp3) is 0.0769. The van der Waals surface area contributed by atoms with Crippen molar-refractivity contribution in [2.75, 3.05) is 5.73 Å². The second kappa shape index (κ2) is 5.35. The first kappa shape index (κ1) is 12.8. The van der Waals surface area contributed by atoms with Crippen molar-refractivity contribution in [2.24, 2.45) is 0 Å². The Bertz CT molecular complexity index is 555. The van der Waals surface area contributed by atoms with Gasteiger partial charge < -0.3 is 10.5 Å². The summed E-state index contributed by atoms with van der Waals surface area (Å²) in [5.41, 5.74) is 6.47. The van der Waals surface area contributed by atoms with E-state index in [4.69, 9.17) is 10.5 Å². The van der Waals surface area contributed by atoms with E-state index in [1.807, 2.05) is 0 Å². The first-order valence-electron chi connectivity index (χ1n) is 5.17. The fourth-order valence-electron chi connectivity index (χ4n) is 1.51. The number of hydrogen-bond acceptors (Lipinski definition) is 2. The summed E-state index contributed by atoms with van der Waals surface area (Å²) in [4.78, 5) is 0. The highest BCUT2D eigenvalue weighted by Crippen LogP contribution is 2.23. The average Bonchev–Trinajstić information content (AvgIpc) is 2.26. The largest absolute Gasteiger partial charge is 0.487 e. The van der Waals surface area contributed by atoms with E-state index < -0.39 is 5.82 Å². The van der Waals surface area contributed by atoms with E-state index in [0.29, 0.717) is 15.8 Å². The first-order valence-corrected chi connectivity index (χ1v) is 5.97. The van der Waals surface area contributed by atoms with Gasteiger partial charge in [0.15, 0.2) is 0 Å². The third kappa shape index (κ3) is 3.20. The number of hydrogen-bond donors (Lipinski definition) is 1. The molecule has 0 saturated heterocycles. The standard InChI is InChI=1S/C13H10BrF2NO/c14-9-3-8(4-11(16)5-9)7-18-13-2-1-10(15)6-12(13)17/h1-6H,7,17H2. The molecule has 0 radical (unpaired) electrons. The van der Waals surface area contributed by atoms with Gasteiger partial charge in [0, 0.05) is 10.5 Å². The molecular weight excluding hydrogens is 304 g/mol. The molecule has 2 N–H and O–H groups in total. The van der Waals surface area contributed by atoms with Gasteiger partial charge in [0.25, 0.3) is 0 Å². The van der Waals surface area contributed by atoms with Gasteiger partial charge in [-0.05, 0) is 35.9 Å². The Morgan fingerprint density at radius 2 is 1.83 bits per heavy atom. The molecule has 94 valence electrons. The number of nitrogens with two attached hydrogens (primary N) is 1. The second-order valence-corrected chi connectivity index (χ2v) is 4.66. The van der Waals surface area contributed by atoms with Crippen molar-refractivity contribution >= 4 is 21.6 Å². The number of anilines is 1. The molecule has 0 unspecified atom stereocenters. The molecule has 0 aliphatic carbocycles. The fourth-order valence-corrected chi connectivity index (χ4v) is 2.02. The van der Waals surface area contributed by atoms with Crippen LogP contribution in [0.3, 0.4) is 0 Å². The van der Waals surface area contributed by atoms with Gasteiger partial charge in [-0.2, -0.15) is 0 Å². The van der Waals surface area contributed by atoms with E-state index in [9.17, 15) is 8.78 Å².